The van der Waals surface area contributed by atoms with Gasteiger partial charge in [0.2, 0.25) is 0 Å². The molecule has 0 aliphatic carbocycles. The number of benzene rings is 1. The molecule has 0 aliphatic rings. The smallest absolute Gasteiger partial charge is 0.191 e. The molecule has 6 heteroatoms. The minimum atomic E-state index is 0.656. The summed E-state index contributed by atoms with van der Waals surface area (Å²) in [4.78, 5) is 4.65. The average Bonchev–Trinajstić information content (AvgIpc) is 3.04. The molecule has 0 saturated heterocycles. The van der Waals surface area contributed by atoms with Crippen molar-refractivity contribution >= 4 is 11.6 Å². The van der Waals surface area contributed by atoms with Crippen molar-refractivity contribution in [2.45, 2.75) is 26.8 Å². The summed E-state index contributed by atoms with van der Waals surface area (Å²) in [6, 6.07) is 14.4. The van der Waals surface area contributed by atoms with Crippen LogP contribution in [0.25, 0.3) is 5.65 Å². The summed E-state index contributed by atoms with van der Waals surface area (Å²) in [6.45, 7) is 6.38. The van der Waals surface area contributed by atoms with Crippen molar-refractivity contribution in [3.05, 3.63) is 65.6 Å². The Morgan fingerprint density at radius 3 is 2.72 bits per heavy atom. The number of guanidine groups is 1. The molecule has 0 spiro atoms. The van der Waals surface area contributed by atoms with Crippen molar-refractivity contribution in [3.8, 4) is 0 Å². The summed E-state index contributed by atoms with van der Waals surface area (Å²) in [6.07, 6.45) is 2.77. The molecule has 2 N–H and O–H groups in total. The first-order valence-corrected chi connectivity index (χ1v) is 8.62. The fourth-order valence-corrected chi connectivity index (χ4v) is 2.56. The molecule has 2 heterocycles. The topological polar surface area (TPSA) is 66.6 Å². The normalized spacial score (nSPS) is 11.7. The average molecular weight is 336 g/mol. The number of hydrogen-bond donors (Lipinski definition) is 2. The van der Waals surface area contributed by atoms with E-state index in [4.69, 9.17) is 0 Å². The third-order valence-electron chi connectivity index (χ3n) is 3.91. The third kappa shape index (κ3) is 4.56. The van der Waals surface area contributed by atoms with Gasteiger partial charge in [-0.15, -0.1) is 10.2 Å². The minimum absolute atomic E-state index is 0.656. The number of aryl methyl sites for hydroxylation is 1. The lowest BCUT2D eigenvalue weighted by molar-refractivity contribution is 0.763. The van der Waals surface area contributed by atoms with Crippen molar-refractivity contribution in [2.75, 3.05) is 13.1 Å². The molecule has 0 saturated carbocycles. The molecule has 0 aliphatic heterocycles. The van der Waals surface area contributed by atoms with E-state index in [1.165, 1.54) is 11.1 Å². The molecule has 6 nitrogen and oxygen atoms in total. The molecule has 0 fully saturated rings. The van der Waals surface area contributed by atoms with E-state index >= 15 is 0 Å². The van der Waals surface area contributed by atoms with Crippen LogP contribution in [0.3, 0.4) is 0 Å². The van der Waals surface area contributed by atoms with Gasteiger partial charge in [-0.1, -0.05) is 35.9 Å². The lowest BCUT2D eigenvalue weighted by Crippen LogP contribution is -2.38. The predicted molar refractivity (Wildman–Crippen MR) is 101 cm³/mol. The third-order valence-corrected chi connectivity index (χ3v) is 3.91. The van der Waals surface area contributed by atoms with Gasteiger partial charge in [0.05, 0.1) is 6.54 Å². The van der Waals surface area contributed by atoms with Crippen molar-refractivity contribution in [1.82, 2.24) is 25.2 Å². The quantitative estimate of drug-likeness (QED) is 0.536. The molecule has 25 heavy (non-hydrogen) atoms. The Kier molecular flexibility index (Phi) is 5.61. The fraction of sp³-hybridized carbons (Fsp3) is 0.316. The lowest BCUT2D eigenvalue weighted by atomic mass is 10.1. The summed E-state index contributed by atoms with van der Waals surface area (Å²) in [7, 11) is 0. The summed E-state index contributed by atoms with van der Waals surface area (Å²) < 4.78 is 2.01. The van der Waals surface area contributed by atoms with Crippen LogP contribution in [0, 0.1) is 6.92 Å². The van der Waals surface area contributed by atoms with Crippen LogP contribution >= 0.6 is 0 Å². The Hall–Kier alpha value is -2.89. The van der Waals surface area contributed by atoms with Gasteiger partial charge in [0.1, 0.15) is 5.82 Å². The minimum Gasteiger partial charge on any atom is -0.357 e. The zero-order chi connectivity index (χ0) is 17.5. The largest absolute Gasteiger partial charge is 0.357 e. The molecule has 0 amide bonds. The number of nitrogens with one attached hydrogen (secondary N) is 2. The van der Waals surface area contributed by atoms with Crippen molar-refractivity contribution in [3.63, 3.8) is 0 Å². The summed E-state index contributed by atoms with van der Waals surface area (Å²) in [5.41, 5.74) is 3.34. The number of aliphatic imine (C=N–C) groups is 1. The van der Waals surface area contributed by atoms with Crippen LogP contribution in [0.2, 0.25) is 0 Å². The predicted octanol–water partition coefficient (Wildman–Crippen LogP) is 2.34. The summed E-state index contributed by atoms with van der Waals surface area (Å²) in [5, 5.41) is 15.1. The maximum Gasteiger partial charge on any atom is 0.191 e. The zero-order valence-electron chi connectivity index (χ0n) is 14.7. The SMILES string of the molecule is CCNC(=NCc1ccc(C)cc1)NCCc1nnc2ccccn12. The molecule has 1 aromatic carbocycles. The zero-order valence-corrected chi connectivity index (χ0v) is 14.7. The number of aromatic nitrogens is 3. The van der Waals surface area contributed by atoms with Crippen LogP contribution in [0.1, 0.15) is 23.9 Å². The second kappa shape index (κ2) is 8.28. The lowest BCUT2D eigenvalue weighted by Gasteiger charge is -2.11. The van der Waals surface area contributed by atoms with Crippen LogP contribution in [0.4, 0.5) is 0 Å². The molecule has 3 aromatic rings. The van der Waals surface area contributed by atoms with Gasteiger partial charge in [-0.05, 0) is 31.5 Å². The molecule has 0 radical (unpaired) electrons. The van der Waals surface area contributed by atoms with Gasteiger partial charge in [-0.25, -0.2) is 4.99 Å². The highest BCUT2D eigenvalue weighted by Gasteiger charge is 2.05. The van der Waals surface area contributed by atoms with Crippen LogP contribution in [-0.2, 0) is 13.0 Å². The van der Waals surface area contributed by atoms with Crippen LogP contribution in [0.15, 0.2) is 53.7 Å². The maximum atomic E-state index is 4.65. The number of fused-ring (bicyclic) bond motifs is 1. The summed E-state index contributed by atoms with van der Waals surface area (Å²) in [5.74, 6) is 1.76. The van der Waals surface area contributed by atoms with Crippen LogP contribution in [0.5, 0.6) is 0 Å². The first-order valence-electron chi connectivity index (χ1n) is 8.62. The highest BCUT2D eigenvalue weighted by atomic mass is 15.2. The Balaban J connectivity index is 1.58. The number of rotatable bonds is 6. The van der Waals surface area contributed by atoms with Gasteiger partial charge in [0, 0.05) is 25.7 Å². The van der Waals surface area contributed by atoms with E-state index in [-0.39, 0.29) is 0 Å². The Morgan fingerprint density at radius 2 is 1.92 bits per heavy atom. The standard InChI is InChI=1S/C19H24N6/c1-3-20-19(22-14-16-9-7-15(2)8-10-16)21-12-11-18-24-23-17-6-4-5-13-25(17)18/h4-10,13H,3,11-12,14H2,1-2H3,(H2,20,21,22). The summed E-state index contributed by atoms with van der Waals surface area (Å²) >= 11 is 0. The molecular weight excluding hydrogens is 312 g/mol. The molecule has 3 rings (SSSR count). The van der Waals surface area contributed by atoms with Gasteiger partial charge in [0.15, 0.2) is 11.6 Å². The van der Waals surface area contributed by atoms with Crippen molar-refractivity contribution < 1.29 is 0 Å². The van der Waals surface area contributed by atoms with E-state index in [1.807, 2.05) is 28.8 Å². The fourth-order valence-electron chi connectivity index (χ4n) is 2.56. The van der Waals surface area contributed by atoms with E-state index in [0.29, 0.717) is 6.54 Å². The van der Waals surface area contributed by atoms with E-state index in [9.17, 15) is 0 Å². The second-order valence-electron chi connectivity index (χ2n) is 5.90. The number of pyridine rings is 1. The van der Waals surface area contributed by atoms with Gasteiger partial charge in [-0.3, -0.25) is 4.40 Å². The number of nitrogens with zero attached hydrogens (tertiary/aromatic N) is 4. The monoisotopic (exact) mass is 336 g/mol. The van der Waals surface area contributed by atoms with E-state index in [1.54, 1.807) is 0 Å². The van der Waals surface area contributed by atoms with E-state index in [0.717, 1.165) is 36.9 Å². The van der Waals surface area contributed by atoms with E-state index in [2.05, 4.69) is 63.9 Å². The van der Waals surface area contributed by atoms with Gasteiger partial charge in [0.25, 0.3) is 0 Å². The first-order chi connectivity index (χ1) is 12.3. The van der Waals surface area contributed by atoms with Crippen LogP contribution < -0.4 is 10.6 Å². The van der Waals surface area contributed by atoms with Gasteiger partial charge < -0.3 is 10.6 Å². The van der Waals surface area contributed by atoms with Crippen molar-refractivity contribution in [1.29, 1.82) is 0 Å². The maximum absolute atomic E-state index is 4.65. The second-order valence-corrected chi connectivity index (χ2v) is 5.90. The molecule has 0 bridgehead atoms. The molecule has 0 unspecified atom stereocenters. The first kappa shape index (κ1) is 17.0. The van der Waals surface area contributed by atoms with Crippen LogP contribution in [-0.4, -0.2) is 33.6 Å². The number of hydrogen-bond acceptors (Lipinski definition) is 3. The Labute approximate surface area is 148 Å². The van der Waals surface area contributed by atoms with Crippen molar-refractivity contribution in [2.24, 2.45) is 4.99 Å². The highest BCUT2D eigenvalue weighted by Crippen LogP contribution is 2.05. The van der Waals surface area contributed by atoms with Gasteiger partial charge >= 0.3 is 0 Å². The molecule has 130 valence electrons. The molecule has 2 aromatic heterocycles. The molecule has 0 atom stereocenters. The van der Waals surface area contributed by atoms with Gasteiger partial charge in [-0.2, -0.15) is 0 Å². The molecular formula is C19H24N6. The Bertz CT molecular complexity index is 835. The van der Waals surface area contributed by atoms with E-state index < -0.39 is 0 Å². The Morgan fingerprint density at radius 1 is 1.08 bits per heavy atom. The highest BCUT2D eigenvalue weighted by molar-refractivity contribution is 5.79.